The van der Waals surface area contributed by atoms with E-state index in [2.05, 4.69) is 25.1 Å². The van der Waals surface area contributed by atoms with E-state index in [0.717, 1.165) is 5.56 Å². The minimum atomic E-state index is -0.393. The van der Waals surface area contributed by atoms with Crippen molar-refractivity contribution in [3.63, 3.8) is 0 Å². The van der Waals surface area contributed by atoms with Crippen molar-refractivity contribution in [1.82, 2.24) is 25.1 Å². The van der Waals surface area contributed by atoms with Crippen LogP contribution in [0.25, 0.3) is 22.3 Å². The highest BCUT2D eigenvalue weighted by Crippen LogP contribution is 2.34. The van der Waals surface area contributed by atoms with Crippen LogP contribution in [0.3, 0.4) is 0 Å². The highest BCUT2D eigenvalue weighted by molar-refractivity contribution is 7.99. The van der Waals surface area contributed by atoms with Crippen LogP contribution in [-0.2, 0) is 0 Å². The fourth-order valence-corrected chi connectivity index (χ4v) is 3.38. The van der Waals surface area contributed by atoms with Crippen molar-refractivity contribution in [2.24, 2.45) is 0 Å². The summed E-state index contributed by atoms with van der Waals surface area (Å²) in [7, 11) is 3.17. The average molecular weight is 383 g/mol. The Kier molecular flexibility index (Phi) is 4.59. The van der Waals surface area contributed by atoms with E-state index in [0.29, 0.717) is 32.9 Å². The minimum Gasteiger partial charge on any atom is -0.497 e. The second-order valence-corrected chi connectivity index (χ2v) is 6.41. The topological polar surface area (TPSA) is 85.8 Å². The molecule has 9 heteroatoms. The molecule has 0 bridgehead atoms. The zero-order valence-electron chi connectivity index (χ0n) is 14.4. The molecule has 0 atom stereocenters. The van der Waals surface area contributed by atoms with Crippen molar-refractivity contribution in [1.29, 1.82) is 0 Å². The lowest BCUT2D eigenvalue weighted by Gasteiger charge is -2.07. The Hall–Kier alpha value is -3.20. The number of hydrogen-bond donors (Lipinski definition) is 1. The number of methoxy groups -OCH3 is 2. The van der Waals surface area contributed by atoms with Gasteiger partial charge in [-0.25, -0.2) is 19.3 Å². The Morgan fingerprint density at radius 1 is 1.07 bits per heavy atom. The number of aromatic nitrogens is 5. The van der Waals surface area contributed by atoms with Crippen LogP contribution in [0.1, 0.15) is 0 Å². The summed E-state index contributed by atoms with van der Waals surface area (Å²) in [6.07, 6.45) is 1.33. The first kappa shape index (κ1) is 17.2. The average Bonchev–Trinajstić information content (AvgIpc) is 3.16. The molecule has 0 radical (unpaired) electrons. The van der Waals surface area contributed by atoms with Gasteiger partial charge in [0.2, 0.25) is 5.16 Å². The van der Waals surface area contributed by atoms with Gasteiger partial charge < -0.3 is 9.47 Å². The first-order valence-electron chi connectivity index (χ1n) is 7.91. The van der Waals surface area contributed by atoms with Crippen molar-refractivity contribution in [3.8, 4) is 22.9 Å². The number of H-pyrrole nitrogens is 1. The molecule has 4 rings (SSSR count). The van der Waals surface area contributed by atoms with Crippen LogP contribution in [0.2, 0.25) is 0 Å². The summed E-state index contributed by atoms with van der Waals surface area (Å²) in [5.74, 6) is 1.44. The summed E-state index contributed by atoms with van der Waals surface area (Å²) in [6.45, 7) is 0. The lowest BCUT2D eigenvalue weighted by atomic mass is 10.2. The van der Waals surface area contributed by atoms with Gasteiger partial charge in [-0.05, 0) is 36.0 Å². The summed E-state index contributed by atoms with van der Waals surface area (Å²) in [5.41, 5.74) is 1.01. The van der Waals surface area contributed by atoms with Gasteiger partial charge in [-0.3, -0.25) is 5.10 Å². The zero-order chi connectivity index (χ0) is 18.8. The number of ether oxygens (including phenoxy) is 2. The second-order valence-electron chi connectivity index (χ2n) is 5.45. The highest BCUT2D eigenvalue weighted by atomic mass is 32.2. The number of halogens is 1. The molecule has 2 aromatic carbocycles. The van der Waals surface area contributed by atoms with Crippen LogP contribution in [-0.4, -0.2) is 39.4 Å². The molecule has 2 aromatic heterocycles. The van der Waals surface area contributed by atoms with Gasteiger partial charge in [0, 0.05) is 11.5 Å². The molecule has 2 heterocycles. The number of aromatic amines is 1. The Balaban J connectivity index is 1.68. The summed E-state index contributed by atoms with van der Waals surface area (Å²) in [6, 6.07) is 10.2. The van der Waals surface area contributed by atoms with E-state index in [-0.39, 0.29) is 5.52 Å². The molecule has 7 nitrogen and oxygen atoms in total. The molecule has 0 aliphatic heterocycles. The highest BCUT2D eigenvalue weighted by Gasteiger charge is 2.15. The Morgan fingerprint density at radius 3 is 2.78 bits per heavy atom. The molecule has 27 heavy (non-hydrogen) atoms. The third-order valence-electron chi connectivity index (χ3n) is 3.90. The van der Waals surface area contributed by atoms with Gasteiger partial charge in [-0.2, -0.15) is 0 Å². The lowest BCUT2D eigenvalue weighted by molar-refractivity contribution is 0.395. The summed E-state index contributed by atoms with van der Waals surface area (Å²) < 4.78 is 24.5. The molecule has 0 amide bonds. The molecule has 1 N–H and O–H groups in total. The maximum atomic E-state index is 13.9. The Morgan fingerprint density at radius 2 is 1.96 bits per heavy atom. The summed E-state index contributed by atoms with van der Waals surface area (Å²) in [5, 5.41) is 8.75. The van der Waals surface area contributed by atoms with Gasteiger partial charge in [-0.15, -0.1) is 5.10 Å². The van der Waals surface area contributed by atoms with Crippen molar-refractivity contribution in [2.45, 2.75) is 10.2 Å². The van der Waals surface area contributed by atoms with E-state index in [1.165, 1.54) is 24.2 Å². The number of benzene rings is 2. The molecule has 4 aromatic rings. The number of para-hydroxylation sites is 1. The second kappa shape index (κ2) is 7.20. The van der Waals surface area contributed by atoms with Crippen LogP contribution >= 0.6 is 11.8 Å². The van der Waals surface area contributed by atoms with Gasteiger partial charge >= 0.3 is 0 Å². The standard InChI is InChI=1S/C18H14FN5O2S/c1-25-10-6-7-11(14(8-10)26-2)16-22-18(24-23-16)27-17-12-4-3-5-13(19)15(12)20-9-21-17/h3-9H,1-2H3,(H,22,23,24). The molecule has 136 valence electrons. The van der Waals surface area contributed by atoms with E-state index in [1.807, 2.05) is 12.1 Å². The van der Waals surface area contributed by atoms with Gasteiger partial charge in [0.25, 0.3) is 0 Å². The van der Waals surface area contributed by atoms with Crippen LogP contribution in [0, 0.1) is 5.82 Å². The predicted octanol–water partition coefficient (Wildman–Crippen LogP) is 3.72. The lowest BCUT2D eigenvalue weighted by Crippen LogP contribution is -1.91. The van der Waals surface area contributed by atoms with Crippen molar-refractivity contribution in [2.75, 3.05) is 14.2 Å². The fourth-order valence-electron chi connectivity index (χ4n) is 2.60. The molecule has 0 saturated carbocycles. The Labute approximate surface area is 158 Å². The maximum Gasteiger partial charge on any atom is 0.215 e. The van der Waals surface area contributed by atoms with E-state index < -0.39 is 5.82 Å². The van der Waals surface area contributed by atoms with Crippen LogP contribution in [0.5, 0.6) is 11.5 Å². The smallest absolute Gasteiger partial charge is 0.215 e. The van der Waals surface area contributed by atoms with E-state index in [4.69, 9.17) is 9.47 Å². The Bertz CT molecular complexity index is 1120. The molecular weight excluding hydrogens is 369 g/mol. The third-order valence-corrected chi connectivity index (χ3v) is 4.78. The third kappa shape index (κ3) is 3.28. The molecule has 0 fully saturated rings. The molecule has 0 aliphatic rings. The van der Waals surface area contributed by atoms with Gasteiger partial charge in [0.1, 0.15) is 34.2 Å². The van der Waals surface area contributed by atoms with E-state index in [1.54, 1.807) is 32.4 Å². The summed E-state index contributed by atoms with van der Waals surface area (Å²) >= 11 is 1.23. The van der Waals surface area contributed by atoms with Crippen LogP contribution in [0.4, 0.5) is 4.39 Å². The molecular formula is C18H14FN5O2S. The first-order valence-corrected chi connectivity index (χ1v) is 8.73. The normalized spacial score (nSPS) is 10.9. The monoisotopic (exact) mass is 383 g/mol. The van der Waals surface area contributed by atoms with Crippen molar-refractivity contribution in [3.05, 3.63) is 48.5 Å². The van der Waals surface area contributed by atoms with E-state index in [9.17, 15) is 4.39 Å². The number of hydrogen-bond acceptors (Lipinski definition) is 7. The number of rotatable bonds is 5. The van der Waals surface area contributed by atoms with Crippen LogP contribution in [0.15, 0.2) is 52.9 Å². The number of fused-ring (bicyclic) bond motifs is 1. The molecule has 0 aliphatic carbocycles. The van der Waals surface area contributed by atoms with Crippen molar-refractivity contribution < 1.29 is 13.9 Å². The predicted molar refractivity (Wildman–Crippen MR) is 98.5 cm³/mol. The first-order chi connectivity index (χ1) is 13.2. The largest absolute Gasteiger partial charge is 0.497 e. The number of nitrogens with one attached hydrogen (secondary N) is 1. The quantitative estimate of drug-likeness (QED) is 0.526. The zero-order valence-corrected chi connectivity index (χ0v) is 15.2. The maximum absolute atomic E-state index is 13.9. The van der Waals surface area contributed by atoms with Crippen LogP contribution < -0.4 is 9.47 Å². The van der Waals surface area contributed by atoms with Gasteiger partial charge in [-0.1, -0.05) is 6.07 Å². The molecule has 0 saturated heterocycles. The van der Waals surface area contributed by atoms with Crippen molar-refractivity contribution >= 4 is 22.7 Å². The minimum absolute atomic E-state index is 0.266. The van der Waals surface area contributed by atoms with Gasteiger partial charge in [0.05, 0.1) is 19.8 Å². The number of nitrogens with zero attached hydrogens (tertiary/aromatic N) is 4. The molecule has 0 spiro atoms. The van der Waals surface area contributed by atoms with E-state index >= 15 is 0 Å². The summed E-state index contributed by atoms with van der Waals surface area (Å²) in [4.78, 5) is 12.7. The SMILES string of the molecule is COc1ccc(-c2nc(Sc3ncnc4c(F)cccc34)n[nH]2)c(OC)c1. The van der Waals surface area contributed by atoms with Gasteiger partial charge in [0.15, 0.2) is 5.82 Å². The molecule has 0 unspecified atom stereocenters. The fraction of sp³-hybridized carbons (Fsp3) is 0.111.